The number of carbonyl (C=O) groups excluding carboxylic acids is 1. The molecule has 1 unspecified atom stereocenters. The van der Waals surface area contributed by atoms with Crippen LogP contribution in [0.5, 0.6) is 0 Å². The smallest absolute Gasteiger partial charge is 0.261 e. The quantitative estimate of drug-likeness (QED) is 0.895. The predicted octanol–water partition coefficient (Wildman–Crippen LogP) is 2.24. The van der Waals surface area contributed by atoms with E-state index in [1.54, 1.807) is 0 Å². The fourth-order valence-electron chi connectivity index (χ4n) is 1.87. The lowest BCUT2D eigenvalue weighted by atomic mass is 10.1. The van der Waals surface area contributed by atoms with Crippen molar-refractivity contribution < 1.29 is 4.79 Å². The highest BCUT2D eigenvalue weighted by atomic mass is 79.9. The third-order valence-corrected chi connectivity index (χ3v) is 4.48. The van der Waals surface area contributed by atoms with Gasteiger partial charge in [0.05, 0.1) is 4.88 Å². The molecule has 0 aromatic carbocycles. The predicted molar refractivity (Wildman–Crippen MR) is 69.9 cm³/mol. The molecule has 0 saturated carbocycles. The fraction of sp³-hybridized carbons (Fsp3) is 0.545. The molecule has 0 spiro atoms. The number of thiophene rings is 1. The fourth-order valence-corrected chi connectivity index (χ4v) is 3.21. The van der Waals surface area contributed by atoms with Gasteiger partial charge in [-0.2, -0.15) is 0 Å². The lowest BCUT2D eigenvalue weighted by Gasteiger charge is -2.08. The van der Waals surface area contributed by atoms with E-state index in [1.165, 1.54) is 17.8 Å². The van der Waals surface area contributed by atoms with E-state index >= 15 is 0 Å². The summed E-state index contributed by atoms with van der Waals surface area (Å²) in [6.45, 7) is 3.00. The lowest BCUT2D eigenvalue weighted by Crippen LogP contribution is -2.25. The molecule has 2 N–H and O–H groups in total. The van der Waals surface area contributed by atoms with Crippen molar-refractivity contribution in [3.05, 3.63) is 20.8 Å². The molecular formula is C11H15BrN2OS. The summed E-state index contributed by atoms with van der Waals surface area (Å²) in [4.78, 5) is 12.5. The second kappa shape index (κ2) is 5.80. The van der Waals surface area contributed by atoms with Crippen LogP contribution >= 0.6 is 27.3 Å². The van der Waals surface area contributed by atoms with Crippen molar-refractivity contribution in [2.75, 3.05) is 19.6 Å². The Bertz CT molecular complexity index is 361. The van der Waals surface area contributed by atoms with Gasteiger partial charge in [0.2, 0.25) is 0 Å². The Labute approximate surface area is 108 Å². The molecule has 0 aliphatic carbocycles. The zero-order valence-electron chi connectivity index (χ0n) is 8.96. The number of nitrogens with one attached hydrogen (secondary N) is 2. The van der Waals surface area contributed by atoms with E-state index in [-0.39, 0.29) is 5.91 Å². The summed E-state index contributed by atoms with van der Waals surface area (Å²) in [5.74, 6) is 0.775. The minimum absolute atomic E-state index is 0.0432. The van der Waals surface area contributed by atoms with Crippen LogP contribution in [0.25, 0.3) is 0 Å². The van der Waals surface area contributed by atoms with Crippen LogP contribution in [0.3, 0.4) is 0 Å². The third-order valence-electron chi connectivity index (χ3n) is 2.79. The highest BCUT2D eigenvalue weighted by Gasteiger charge is 2.14. The number of amides is 1. The van der Waals surface area contributed by atoms with Gasteiger partial charge in [0.1, 0.15) is 0 Å². The van der Waals surface area contributed by atoms with Gasteiger partial charge in [0, 0.05) is 16.4 Å². The topological polar surface area (TPSA) is 41.1 Å². The molecule has 16 heavy (non-hydrogen) atoms. The number of hydrogen-bond donors (Lipinski definition) is 2. The van der Waals surface area contributed by atoms with E-state index in [9.17, 15) is 4.79 Å². The molecule has 88 valence electrons. The van der Waals surface area contributed by atoms with Crippen molar-refractivity contribution in [3.8, 4) is 0 Å². The van der Waals surface area contributed by atoms with Gasteiger partial charge >= 0.3 is 0 Å². The average molecular weight is 303 g/mol. The average Bonchev–Trinajstić information content (AvgIpc) is 2.89. The Hall–Kier alpha value is -0.390. The van der Waals surface area contributed by atoms with Crippen molar-refractivity contribution in [3.63, 3.8) is 0 Å². The molecule has 1 aromatic heterocycles. The minimum Gasteiger partial charge on any atom is -0.351 e. The summed E-state index contributed by atoms with van der Waals surface area (Å²) in [5.41, 5.74) is 0. The van der Waals surface area contributed by atoms with Crippen LogP contribution < -0.4 is 10.6 Å². The molecule has 1 amide bonds. The summed E-state index contributed by atoms with van der Waals surface area (Å²) in [6, 6.07) is 1.86. The first-order valence-electron chi connectivity index (χ1n) is 5.48. The van der Waals surface area contributed by atoms with Gasteiger partial charge in [0.15, 0.2) is 0 Å². The molecule has 1 atom stereocenters. The van der Waals surface area contributed by atoms with E-state index in [0.29, 0.717) is 0 Å². The molecule has 1 aliphatic rings. The molecule has 1 aromatic rings. The van der Waals surface area contributed by atoms with Crippen LogP contribution in [0.2, 0.25) is 0 Å². The maximum Gasteiger partial charge on any atom is 0.261 e. The first kappa shape index (κ1) is 12.1. The van der Waals surface area contributed by atoms with E-state index in [0.717, 1.165) is 41.3 Å². The second-order valence-electron chi connectivity index (χ2n) is 4.03. The summed E-state index contributed by atoms with van der Waals surface area (Å²) >= 11 is 4.81. The van der Waals surface area contributed by atoms with Gasteiger partial charge in [-0.15, -0.1) is 11.3 Å². The third kappa shape index (κ3) is 3.30. The van der Waals surface area contributed by atoms with E-state index in [2.05, 4.69) is 26.6 Å². The van der Waals surface area contributed by atoms with Crippen molar-refractivity contribution >= 4 is 33.2 Å². The number of hydrogen-bond acceptors (Lipinski definition) is 3. The Morgan fingerprint density at radius 1 is 1.69 bits per heavy atom. The van der Waals surface area contributed by atoms with Crippen LogP contribution in [-0.4, -0.2) is 25.5 Å². The van der Waals surface area contributed by atoms with Gasteiger partial charge in [-0.1, -0.05) is 0 Å². The highest BCUT2D eigenvalue weighted by molar-refractivity contribution is 9.10. The maximum absolute atomic E-state index is 11.7. The van der Waals surface area contributed by atoms with Gasteiger partial charge in [-0.05, 0) is 53.8 Å². The summed E-state index contributed by atoms with van der Waals surface area (Å²) in [5, 5.41) is 8.22. The standard InChI is InChI=1S/C11H15BrN2OS/c12-9-5-10(16-7-9)11(15)14-4-2-8-1-3-13-6-8/h5,7-8,13H,1-4,6H2,(H,14,15). The maximum atomic E-state index is 11.7. The van der Waals surface area contributed by atoms with Crippen LogP contribution in [-0.2, 0) is 0 Å². The normalized spacial score (nSPS) is 19.9. The molecule has 3 nitrogen and oxygen atoms in total. The van der Waals surface area contributed by atoms with Crippen molar-refractivity contribution in [2.45, 2.75) is 12.8 Å². The molecule has 1 fully saturated rings. The first-order valence-corrected chi connectivity index (χ1v) is 7.16. The van der Waals surface area contributed by atoms with Gasteiger partial charge in [-0.3, -0.25) is 4.79 Å². The molecule has 5 heteroatoms. The Balaban J connectivity index is 1.71. The Morgan fingerprint density at radius 3 is 3.19 bits per heavy atom. The molecule has 0 radical (unpaired) electrons. The highest BCUT2D eigenvalue weighted by Crippen LogP contribution is 2.19. The van der Waals surface area contributed by atoms with E-state index < -0.39 is 0 Å². The summed E-state index contributed by atoms with van der Waals surface area (Å²) in [7, 11) is 0. The Morgan fingerprint density at radius 2 is 2.56 bits per heavy atom. The van der Waals surface area contributed by atoms with Gasteiger partial charge in [0.25, 0.3) is 5.91 Å². The number of carbonyl (C=O) groups is 1. The number of rotatable bonds is 4. The van der Waals surface area contributed by atoms with Crippen LogP contribution in [0.1, 0.15) is 22.5 Å². The van der Waals surface area contributed by atoms with E-state index in [4.69, 9.17) is 0 Å². The molecule has 1 saturated heterocycles. The van der Waals surface area contributed by atoms with Crippen molar-refractivity contribution in [2.24, 2.45) is 5.92 Å². The second-order valence-corrected chi connectivity index (χ2v) is 5.86. The zero-order valence-corrected chi connectivity index (χ0v) is 11.4. The van der Waals surface area contributed by atoms with Crippen molar-refractivity contribution in [1.82, 2.24) is 10.6 Å². The molecule has 2 heterocycles. The zero-order chi connectivity index (χ0) is 11.4. The molecule has 0 bridgehead atoms. The largest absolute Gasteiger partial charge is 0.351 e. The monoisotopic (exact) mass is 302 g/mol. The van der Waals surface area contributed by atoms with Crippen molar-refractivity contribution in [1.29, 1.82) is 0 Å². The summed E-state index contributed by atoms with van der Waals surface area (Å²) < 4.78 is 0.975. The minimum atomic E-state index is 0.0432. The van der Waals surface area contributed by atoms with Crippen LogP contribution in [0.15, 0.2) is 15.9 Å². The van der Waals surface area contributed by atoms with E-state index in [1.807, 2.05) is 11.4 Å². The Kier molecular flexibility index (Phi) is 4.37. The molecule has 1 aliphatic heterocycles. The van der Waals surface area contributed by atoms with Crippen LogP contribution in [0, 0.1) is 5.92 Å². The first-order chi connectivity index (χ1) is 7.75. The molecule has 2 rings (SSSR count). The van der Waals surface area contributed by atoms with Gasteiger partial charge < -0.3 is 10.6 Å². The lowest BCUT2D eigenvalue weighted by molar-refractivity contribution is 0.0955. The number of halogens is 1. The van der Waals surface area contributed by atoms with Gasteiger partial charge in [-0.25, -0.2) is 0 Å². The SMILES string of the molecule is O=C(NCCC1CCNC1)c1cc(Br)cs1. The summed E-state index contributed by atoms with van der Waals surface area (Å²) in [6.07, 6.45) is 2.31. The molecular weight excluding hydrogens is 288 g/mol. The van der Waals surface area contributed by atoms with Crippen LogP contribution in [0.4, 0.5) is 0 Å².